The van der Waals surface area contributed by atoms with Crippen LogP contribution in [0, 0.1) is 0 Å². The van der Waals surface area contributed by atoms with Crippen LogP contribution in [0.4, 0.5) is 0 Å². The lowest BCUT2D eigenvalue weighted by Crippen LogP contribution is -2.28. The molecule has 3 N–H and O–H groups in total. The lowest BCUT2D eigenvalue weighted by atomic mass is 9.95. The summed E-state index contributed by atoms with van der Waals surface area (Å²) in [5, 5.41) is 3.26. The highest BCUT2D eigenvalue weighted by molar-refractivity contribution is 8.00. The standard InChI is InChI=1S/C15H18N4OS/c16-10-6-7-17-14-11(10)12-13(21-14)15(20)19(8-18-12)9-4-2-1-3-5-9/h6-9,14,17H,1-5,16H2. The summed E-state index contributed by atoms with van der Waals surface area (Å²) in [6.45, 7) is 0. The molecule has 4 rings (SSSR count). The van der Waals surface area contributed by atoms with Gasteiger partial charge in [0.15, 0.2) is 0 Å². The van der Waals surface area contributed by atoms with Crippen molar-refractivity contribution in [1.82, 2.24) is 14.9 Å². The molecule has 1 unspecified atom stereocenters. The van der Waals surface area contributed by atoms with Gasteiger partial charge in [0.1, 0.15) is 10.3 Å². The average Bonchev–Trinajstić information content (AvgIpc) is 2.89. The second kappa shape index (κ2) is 4.94. The Morgan fingerprint density at radius 2 is 2.14 bits per heavy atom. The van der Waals surface area contributed by atoms with Gasteiger partial charge in [0, 0.05) is 17.3 Å². The van der Waals surface area contributed by atoms with Crippen LogP contribution in [0.1, 0.15) is 43.8 Å². The summed E-state index contributed by atoms with van der Waals surface area (Å²) in [6.07, 6.45) is 11.2. The Bertz CT molecular complexity index is 700. The Morgan fingerprint density at radius 3 is 2.95 bits per heavy atom. The van der Waals surface area contributed by atoms with Gasteiger partial charge in [-0.05, 0) is 25.1 Å². The first-order chi connectivity index (χ1) is 10.3. The molecule has 3 aliphatic rings. The van der Waals surface area contributed by atoms with Crippen molar-refractivity contribution in [2.24, 2.45) is 5.73 Å². The van der Waals surface area contributed by atoms with E-state index in [4.69, 9.17) is 5.73 Å². The Kier molecular flexibility index (Phi) is 3.06. The SMILES string of the molecule is NC1=C2c3ncn(C4CCCCC4)c(=O)c3SC2NC=C1. The van der Waals surface area contributed by atoms with E-state index in [2.05, 4.69) is 10.3 Å². The van der Waals surface area contributed by atoms with Crippen molar-refractivity contribution >= 4 is 17.3 Å². The largest absolute Gasteiger partial charge is 0.398 e. The predicted octanol–water partition coefficient (Wildman–Crippen LogP) is 1.97. The first-order valence-corrected chi connectivity index (χ1v) is 8.34. The molecule has 21 heavy (non-hydrogen) atoms. The van der Waals surface area contributed by atoms with E-state index in [0.29, 0.717) is 11.7 Å². The molecule has 0 saturated heterocycles. The van der Waals surface area contributed by atoms with Crippen LogP contribution in [-0.2, 0) is 0 Å². The van der Waals surface area contributed by atoms with E-state index in [0.717, 1.165) is 29.0 Å². The normalized spacial score (nSPS) is 24.7. The number of aromatic nitrogens is 2. The number of nitrogens with one attached hydrogen (secondary N) is 1. The molecule has 6 heteroatoms. The fourth-order valence-corrected chi connectivity index (χ4v) is 4.62. The number of hydrogen-bond donors (Lipinski definition) is 2. The van der Waals surface area contributed by atoms with Crippen LogP contribution in [-0.4, -0.2) is 14.9 Å². The molecule has 110 valence electrons. The predicted molar refractivity (Wildman–Crippen MR) is 83.6 cm³/mol. The fraction of sp³-hybridized carbons (Fsp3) is 0.467. The zero-order valence-corrected chi connectivity index (χ0v) is 12.5. The highest BCUT2D eigenvalue weighted by atomic mass is 32.2. The maximum atomic E-state index is 12.8. The second-order valence-electron chi connectivity index (χ2n) is 5.79. The number of allylic oxidation sites excluding steroid dienone is 1. The first-order valence-electron chi connectivity index (χ1n) is 7.46. The number of hydrogen-bond acceptors (Lipinski definition) is 5. The summed E-state index contributed by atoms with van der Waals surface area (Å²) < 4.78 is 1.84. The minimum atomic E-state index is 0.0207. The van der Waals surface area contributed by atoms with Crippen molar-refractivity contribution in [3.05, 3.63) is 40.3 Å². The third kappa shape index (κ3) is 2.00. The van der Waals surface area contributed by atoms with Crippen molar-refractivity contribution in [3.63, 3.8) is 0 Å². The van der Waals surface area contributed by atoms with Crippen molar-refractivity contribution in [1.29, 1.82) is 0 Å². The van der Waals surface area contributed by atoms with Gasteiger partial charge in [0.2, 0.25) is 0 Å². The summed E-state index contributed by atoms with van der Waals surface area (Å²) in [5.74, 6) is 0. The van der Waals surface area contributed by atoms with Gasteiger partial charge < -0.3 is 11.1 Å². The van der Waals surface area contributed by atoms with Gasteiger partial charge >= 0.3 is 0 Å². The maximum Gasteiger partial charge on any atom is 0.267 e. The van der Waals surface area contributed by atoms with Crippen LogP contribution >= 0.6 is 11.8 Å². The zero-order chi connectivity index (χ0) is 14.4. The van der Waals surface area contributed by atoms with Crippen LogP contribution in [0.5, 0.6) is 0 Å². The van der Waals surface area contributed by atoms with Crippen LogP contribution in [0.2, 0.25) is 0 Å². The van der Waals surface area contributed by atoms with Crippen molar-refractivity contribution in [3.8, 4) is 0 Å². The third-order valence-electron chi connectivity index (χ3n) is 4.50. The number of nitrogens with zero attached hydrogens (tertiary/aromatic N) is 2. The Morgan fingerprint density at radius 1 is 1.33 bits per heavy atom. The lowest BCUT2D eigenvalue weighted by molar-refractivity contribution is 0.341. The molecule has 1 aliphatic carbocycles. The van der Waals surface area contributed by atoms with Crippen molar-refractivity contribution < 1.29 is 0 Å². The summed E-state index contributed by atoms with van der Waals surface area (Å²) in [5.41, 5.74) is 8.56. The molecule has 0 aromatic carbocycles. The van der Waals surface area contributed by atoms with Crippen LogP contribution in [0.3, 0.4) is 0 Å². The number of nitrogens with two attached hydrogens (primary N) is 1. The monoisotopic (exact) mass is 302 g/mol. The van der Waals surface area contributed by atoms with E-state index in [1.165, 1.54) is 31.0 Å². The van der Waals surface area contributed by atoms with Crippen LogP contribution in [0.25, 0.3) is 5.57 Å². The van der Waals surface area contributed by atoms with Crippen LogP contribution < -0.4 is 16.6 Å². The maximum absolute atomic E-state index is 12.8. The van der Waals surface area contributed by atoms with Crippen LogP contribution in [0.15, 0.2) is 34.0 Å². The molecule has 1 aromatic heterocycles. The van der Waals surface area contributed by atoms with Crippen molar-refractivity contribution in [2.45, 2.75) is 48.4 Å². The van der Waals surface area contributed by atoms with E-state index < -0.39 is 0 Å². The first kappa shape index (κ1) is 13.0. The summed E-state index contributed by atoms with van der Waals surface area (Å²) in [7, 11) is 0. The summed E-state index contributed by atoms with van der Waals surface area (Å²) in [6, 6.07) is 0.310. The molecule has 0 amide bonds. The number of thioether (sulfide) groups is 1. The van der Waals surface area contributed by atoms with Gasteiger partial charge in [-0.1, -0.05) is 31.0 Å². The van der Waals surface area contributed by atoms with Gasteiger partial charge in [-0.15, -0.1) is 0 Å². The topological polar surface area (TPSA) is 72.9 Å². The van der Waals surface area contributed by atoms with E-state index in [1.54, 1.807) is 6.33 Å². The molecular weight excluding hydrogens is 284 g/mol. The van der Waals surface area contributed by atoms with Gasteiger partial charge in [0.05, 0.1) is 12.0 Å². The quantitative estimate of drug-likeness (QED) is 0.830. The van der Waals surface area contributed by atoms with Gasteiger partial charge in [-0.3, -0.25) is 9.36 Å². The van der Waals surface area contributed by atoms with E-state index in [-0.39, 0.29) is 10.9 Å². The molecule has 2 aliphatic heterocycles. The molecule has 0 spiro atoms. The van der Waals surface area contributed by atoms with E-state index >= 15 is 0 Å². The summed E-state index contributed by atoms with van der Waals surface area (Å²) in [4.78, 5) is 18.1. The Labute approximate surface area is 127 Å². The Balaban J connectivity index is 1.79. The molecule has 1 saturated carbocycles. The van der Waals surface area contributed by atoms with Gasteiger partial charge in [-0.2, -0.15) is 0 Å². The molecule has 0 bridgehead atoms. The second-order valence-corrected chi connectivity index (χ2v) is 6.91. The molecule has 1 fully saturated rings. The lowest BCUT2D eigenvalue weighted by Gasteiger charge is -2.23. The van der Waals surface area contributed by atoms with Gasteiger partial charge in [-0.25, -0.2) is 4.98 Å². The molecule has 1 atom stereocenters. The molecule has 1 aromatic rings. The zero-order valence-electron chi connectivity index (χ0n) is 11.7. The smallest absolute Gasteiger partial charge is 0.267 e. The highest BCUT2D eigenvalue weighted by Crippen LogP contribution is 2.43. The third-order valence-corrected chi connectivity index (χ3v) is 5.71. The number of dihydropyridines is 1. The fourth-order valence-electron chi connectivity index (χ4n) is 3.39. The number of fused-ring (bicyclic) bond motifs is 3. The average molecular weight is 302 g/mol. The molecule has 0 radical (unpaired) electrons. The minimum absolute atomic E-state index is 0.0207. The molecule has 5 nitrogen and oxygen atoms in total. The minimum Gasteiger partial charge on any atom is -0.398 e. The summed E-state index contributed by atoms with van der Waals surface area (Å²) >= 11 is 1.53. The molecule has 3 heterocycles. The molecular formula is C15H18N4OS. The van der Waals surface area contributed by atoms with E-state index in [1.807, 2.05) is 16.8 Å². The highest BCUT2D eigenvalue weighted by Gasteiger charge is 2.35. The number of rotatable bonds is 1. The Hall–Kier alpha value is -1.69. The van der Waals surface area contributed by atoms with Crippen molar-refractivity contribution in [2.75, 3.05) is 0 Å². The van der Waals surface area contributed by atoms with Gasteiger partial charge in [0.25, 0.3) is 5.56 Å². The van der Waals surface area contributed by atoms with E-state index in [9.17, 15) is 4.79 Å².